The van der Waals surface area contributed by atoms with Gasteiger partial charge in [0.25, 0.3) is 5.91 Å². The van der Waals surface area contributed by atoms with Gasteiger partial charge in [0.1, 0.15) is 5.60 Å². The largest absolute Gasteiger partial charge is 0.493 e. The topological polar surface area (TPSA) is 88.5 Å². The molecule has 8 nitrogen and oxygen atoms in total. The van der Waals surface area contributed by atoms with Gasteiger partial charge in [0.2, 0.25) is 0 Å². The SMILES string of the molecule is COc1cc2c(cc1OC(C)C)N(C(=O)OC(C)(C)C)C(O)[C@@H]1Cc3ccccc3CN1C2=O. The van der Waals surface area contributed by atoms with Crippen LogP contribution in [-0.4, -0.2) is 53.1 Å². The monoisotopic (exact) mass is 468 g/mol. The highest BCUT2D eigenvalue weighted by Crippen LogP contribution is 2.42. The van der Waals surface area contributed by atoms with E-state index in [2.05, 4.69) is 0 Å². The molecule has 2 atom stereocenters. The number of rotatable bonds is 3. The third-order valence-electron chi connectivity index (χ3n) is 5.88. The van der Waals surface area contributed by atoms with Crippen molar-refractivity contribution in [3.8, 4) is 11.5 Å². The van der Waals surface area contributed by atoms with Crippen LogP contribution in [0, 0.1) is 0 Å². The first kappa shape index (κ1) is 23.9. The first-order valence-electron chi connectivity index (χ1n) is 11.5. The molecule has 0 spiro atoms. The number of aliphatic hydroxyl groups is 1. The zero-order chi connectivity index (χ0) is 24.8. The van der Waals surface area contributed by atoms with E-state index in [9.17, 15) is 14.7 Å². The number of aliphatic hydroxyl groups excluding tert-OH is 1. The van der Waals surface area contributed by atoms with Crippen molar-refractivity contribution in [2.45, 2.75) is 71.6 Å². The molecule has 2 heterocycles. The molecule has 0 saturated carbocycles. The van der Waals surface area contributed by atoms with Crippen LogP contribution in [0.3, 0.4) is 0 Å². The highest BCUT2D eigenvalue weighted by molar-refractivity contribution is 6.06. The van der Waals surface area contributed by atoms with Gasteiger partial charge in [-0.2, -0.15) is 0 Å². The number of carbonyl (C=O) groups excluding carboxylic acids is 2. The van der Waals surface area contributed by atoms with Gasteiger partial charge in [-0.1, -0.05) is 24.3 Å². The first-order chi connectivity index (χ1) is 16.0. The Balaban J connectivity index is 1.90. The number of carbonyl (C=O) groups is 2. The number of methoxy groups -OCH3 is 1. The minimum absolute atomic E-state index is 0.172. The van der Waals surface area contributed by atoms with Gasteiger partial charge in [0.15, 0.2) is 17.7 Å². The first-order valence-corrected chi connectivity index (χ1v) is 11.5. The molecule has 34 heavy (non-hydrogen) atoms. The maximum atomic E-state index is 13.8. The molecule has 182 valence electrons. The molecule has 1 N–H and O–H groups in total. The molecule has 8 heteroatoms. The van der Waals surface area contributed by atoms with Gasteiger partial charge < -0.3 is 24.2 Å². The lowest BCUT2D eigenvalue weighted by Crippen LogP contribution is -2.56. The van der Waals surface area contributed by atoms with Crippen molar-refractivity contribution in [2.75, 3.05) is 12.0 Å². The van der Waals surface area contributed by atoms with Crippen molar-refractivity contribution < 1.29 is 28.9 Å². The number of amides is 2. The molecule has 1 unspecified atom stereocenters. The average molecular weight is 469 g/mol. The van der Waals surface area contributed by atoms with Gasteiger partial charge >= 0.3 is 6.09 Å². The quantitative estimate of drug-likeness (QED) is 0.729. The van der Waals surface area contributed by atoms with E-state index < -0.39 is 24.0 Å². The Bertz CT molecular complexity index is 1110. The second kappa shape index (κ2) is 8.83. The number of ether oxygens (including phenoxy) is 3. The zero-order valence-corrected chi connectivity index (χ0v) is 20.5. The lowest BCUT2D eigenvalue weighted by atomic mass is 9.93. The summed E-state index contributed by atoms with van der Waals surface area (Å²) in [5.41, 5.74) is 1.71. The van der Waals surface area contributed by atoms with Gasteiger partial charge in [0, 0.05) is 12.6 Å². The number of hydrogen-bond acceptors (Lipinski definition) is 6. The maximum Gasteiger partial charge on any atom is 0.417 e. The summed E-state index contributed by atoms with van der Waals surface area (Å²) in [5, 5.41) is 11.6. The molecule has 0 aromatic heterocycles. The van der Waals surface area contributed by atoms with Crippen molar-refractivity contribution in [3.63, 3.8) is 0 Å². The maximum absolute atomic E-state index is 13.8. The van der Waals surface area contributed by atoms with Crippen LogP contribution in [0.15, 0.2) is 36.4 Å². The molecule has 0 fully saturated rings. The second-order valence-corrected chi connectivity index (χ2v) is 9.92. The molecule has 0 radical (unpaired) electrons. The minimum Gasteiger partial charge on any atom is -0.493 e. The summed E-state index contributed by atoms with van der Waals surface area (Å²) in [4.78, 5) is 30.0. The average Bonchev–Trinajstić information content (AvgIpc) is 2.83. The summed E-state index contributed by atoms with van der Waals surface area (Å²) in [6, 6.07) is 10.3. The van der Waals surface area contributed by atoms with Crippen LogP contribution in [-0.2, 0) is 17.7 Å². The van der Waals surface area contributed by atoms with E-state index in [0.29, 0.717) is 24.5 Å². The summed E-state index contributed by atoms with van der Waals surface area (Å²) < 4.78 is 17.1. The molecule has 2 aromatic carbocycles. The van der Waals surface area contributed by atoms with E-state index in [1.165, 1.54) is 12.0 Å². The Labute approximate surface area is 200 Å². The standard InChI is InChI=1S/C26H32N2O6/c1-15(2)33-22-13-19-18(12-21(22)32-6)23(29)27-14-17-10-8-7-9-16(17)11-20(27)24(30)28(19)25(31)34-26(3,4)5/h7-10,12-13,15,20,24,30H,11,14H2,1-6H3/t20-,24?/m0/s1. The van der Waals surface area contributed by atoms with Crippen molar-refractivity contribution in [2.24, 2.45) is 0 Å². The zero-order valence-electron chi connectivity index (χ0n) is 20.5. The minimum atomic E-state index is -1.33. The Kier molecular flexibility index (Phi) is 6.20. The van der Waals surface area contributed by atoms with Crippen molar-refractivity contribution in [1.29, 1.82) is 0 Å². The Morgan fingerprint density at radius 2 is 1.79 bits per heavy atom. The number of nitrogens with zero attached hydrogens (tertiary/aromatic N) is 2. The highest BCUT2D eigenvalue weighted by Gasteiger charge is 2.45. The van der Waals surface area contributed by atoms with E-state index in [1.54, 1.807) is 37.8 Å². The summed E-state index contributed by atoms with van der Waals surface area (Å²) in [7, 11) is 1.50. The van der Waals surface area contributed by atoms with Gasteiger partial charge in [-0.25, -0.2) is 9.69 Å². The lowest BCUT2D eigenvalue weighted by molar-refractivity contribution is 0.0184. The van der Waals surface area contributed by atoms with Gasteiger partial charge in [-0.05, 0) is 58.2 Å². The van der Waals surface area contributed by atoms with E-state index in [4.69, 9.17) is 14.2 Å². The Morgan fingerprint density at radius 3 is 2.41 bits per heavy atom. The Morgan fingerprint density at radius 1 is 1.12 bits per heavy atom. The number of hydrogen-bond donors (Lipinski definition) is 1. The molecule has 4 rings (SSSR count). The third kappa shape index (κ3) is 4.42. The van der Waals surface area contributed by atoms with Crippen molar-refractivity contribution in [1.82, 2.24) is 4.90 Å². The van der Waals surface area contributed by atoms with Gasteiger partial charge in [-0.15, -0.1) is 0 Å². The number of anilines is 1. The summed E-state index contributed by atoms with van der Waals surface area (Å²) >= 11 is 0. The lowest BCUT2D eigenvalue weighted by Gasteiger charge is -2.40. The summed E-state index contributed by atoms with van der Waals surface area (Å²) in [6.07, 6.45) is -1.83. The molecular formula is C26H32N2O6. The predicted molar refractivity (Wildman–Crippen MR) is 127 cm³/mol. The number of benzene rings is 2. The van der Waals surface area contributed by atoms with Gasteiger partial charge in [-0.3, -0.25) is 4.79 Å². The smallest absolute Gasteiger partial charge is 0.417 e. The number of fused-ring (bicyclic) bond motifs is 3. The molecule has 2 amide bonds. The summed E-state index contributed by atoms with van der Waals surface area (Å²) in [6.45, 7) is 9.33. The molecule has 2 aromatic rings. The van der Waals surface area contributed by atoms with Crippen LogP contribution < -0.4 is 14.4 Å². The van der Waals surface area contributed by atoms with Crippen LogP contribution >= 0.6 is 0 Å². The fourth-order valence-electron chi connectivity index (χ4n) is 4.45. The van der Waals surface area contributed by atoms with E-state index in [1.807, 2.05) is 38.1 Å². The highest BCUT2D eigenvalue weighted by atomic mass is 16.6. The van der Waals surface area contributed by atoms with Crippen LogP contribution in [0.2, 0.25) is 0 Å². The normalized spacial score (nSPS) is 19.7. The third-order valence-corrected chi connectivity index (χ3v) is 5.88. The van der Waals surface area contributed by atoms with Crippen molar-refractivity contribution >= 4 is 17.7 Å². The van der Waals surface area contributed by atoms with E-state index in [-0.39, 0.29) is 23.3 Å². The van der Waals surface area contributed by atoms with Crippen LogP contribution in [0.1, 0.15) is 56.1 Å². The fourth-order valence-corrected chi connectivity index (χ4v) is 4.45. The van der Waals surface area contributed by atoms with Crippen LogP contribution in [0.4, 0.5) is 10.5 Å². The van der Waals surface area contributed by atoms with E-state index in [0.717, 1.165) is 11.1 Å². The molecule has 2 aliphatic heterocycles. The molecule has 2 aliphatic rings. The van der Waals surface area contributed by atoms with Gasteiger partial charge in [0.05, 0.1) is 30.5 Å². The van der Waals surface area contributed by atoms with Crippen LogP contribution in [0.5, 0.6) is 11.5 Å². The molecule has 0 bridgehead atoms. The molecule has 0 aliphatic carbocycles. The van der Waals surface area contributed by atoms with Crippen molar-refractivity contribution in [3.05, 3.63) is 53.1 Å². The molecule has 0 saturated heterocycles. The Hall–Kier alpha value is -3.26. The fraction of sp³-hybridized carbons (Fsp3) is 0.462. The molecular weight excluding hydrogens is 436 g/mol. The second-order valence-electron chi connectivity index (χ2n) is 9.92. The summed E-state index contributed by atoms with van der Waals surface area (Å²) in [5.74, 6) is 0.442. The van der Waals surface area contributed by atoms with E-state index >= 15 is 0 Å². The van der Waals surface area contributed by atoms with Crippen LogP contribution in [0.25, 0.3) is 0 Å². The predicted octanol–water partition coefficient (Wildman–Crippen LogP) is 4.12.